The van der Waals surface area contributed by atoms with Crippen LogP contribution >= 0.6 is 11.6 Å². The van der Waals surface area contributed by atoms with Gasteiger partial charge >= 0.3 is 0 Å². The van der Waals surface area contributed by atoms with Crippen LogP contribution in [0.4, 0.5) is 10.1 Å². The van der Waals surface area contributed by atoms with E-state index in [4.69, 9.17) is 11.6 Å². The highest BCUT2D eigenvalue weighted by Gasteiger charge is 2.17. The standard InChI is InChI=1S/C21H21ClFN3O3S/c22-18-5-4-6-19(23)17(18)12-13-21(27)25-15-8-10-16(11-9-15)30(28,29)26-20-7-2-1-3-14-24-20/h4-6,8-13H,1-3,7,14H2,(H,24,26)(H,25,27)/b13-12+. The molecule has 0 saturated carbocycles. The van der Waals surface area contributed by atoms with Gasteiger partial charge in [0.15, 0.2) is 0 Å². The van der Waals surface area contributed by atoms with Gasteiger partial charge in [0.25, 0.3) is 10.0 Å². The highest BCUT2D eigenvalue weighted by atomic mass is 35.5. The first-order valence-electron chi connectivity index (χ1n) is 9.44. The van der Waals surface area contributed by atoms with Gasteiger partial charge in [0.1, 0.15) is 11.7 Å². The van der Waals surface area contributed by atoms with Gasteiger partial charge in [-0.2, -0.15) is 0 Å². The monoisotopic (exact) mass is 449 g/mol. The molecular formula is C21H21ClFN3O3S. The molecule has 2 aromatic rings. The summed E-state index contributed by atoms with van der Waals surface area (Å²) in [5.41, 5.74) is 0.512. The number of benzene rings is 2. The third-order valence-corrected chi connectivity index (χ3v) is 6.19. The molecule has 0 fully saturated rings. The van der Waals surface area contributed by atoms with Gasteiger partial charge in [-0.1, -0.05) is 24.1 Å². The van der Waals surface area contributed by atoms with Crippen LogP contribution in [0.1, 0.15) is 31.2 Å². The Morgan fingerprint density at radius 2 is 1.87 bits per heavy atom. The van der Waals surface area contributed by atoms with Crippen LogP contribution in [-0.4, -0.2) is 26.7 Å². The molecule has 1 heterocycles. The molecule has 2 N–H and O–H groups in total. The van der Waals surface area contributed by atoms with Crippen LogP contribution in [0.15, 0.2) is 58.4 Å². The number of aliphatic imine (C=N–C) groups is 1. The molecule has 1 amide bonds. The van der Waals surface area contributed by atoms with E-state index in [9.17, 15) is 17.6 Å². The minimum absolute atomic E-state index is 0.0705. The van der Waals surface area contributed by atoms with E-state index in [1.165, 1.54) is 48.5 Å². The second-order valence-corrected chi connectivity index (χ2v) is 8.82. The van der Waals surface area contributed by atoms with Gasteiger partial charge in [-0.15, -0.1) is 0 Å². The summed E-state index contributed by atoms with van der Waals surface area (Å²) in [5, 5.41) is 2.78. The number of anilines is 1. The van der Waals surface area contributed by atoms with E-state index in [-0.39, 0.29) is 15.5 Å². The molecule has 2 aromatic carbocycles. The molecule has 0 bridgehead atoms. The first-order valence-corrected chi connectivity index (χ1v) is 11.3. The van der Waals surface area contributed by atoms with Gasteiger partial charge in [0.05, 0.1) is 9.92 Å². The van der Waals surface area contributed by atoms with E-state index >= 15 is 0 Å². The number of carbonyl (C=O) groups excluding carboxylic acids is 1. The zero-order chi connectivity index (χ0) is 21.6. The molecule has 0 radical (unpaired) electrons. The van der Waals surface area contributed by atoms with Crippen molar-refractivity contribution in [3.05, 3.63) is 64.9 Å². The largest absolute Gasteiger partial charge is 0.323 e. The van der Waals surface area contributed by atoms with E-state index in [2.05, 4.69) is 15.0 Å². The predicted octanol–water partition coefficient (Wildman–Crippen LogP) is 4.38. The first-order chi connectivity index (χ1) is 14.3. The van der Waals surface area contributed by atoms with Gasteiger partial charge in [-0.3, -0.25) is 14.5 Å². The van der Waals surface area contributed by atoms with Crippen molar-refractivity contribution in [1.29, 1.82) is 0 Å². The third kappa shape index (κ3) is 5.90. The second-order valence-electron chi connectivity index (χ2n) is 6.73. The second kappa shape index (κ2) is 9.86. The molecule has 6 nitrogen and oxygen atoms in total. The van der Waals surface area contributed by atoms with Crippen molar-refractivity contribution in [3.8, 4) is 0 Å². The van der Waals surface area contributed by atoms with Crippen molar-refractivity contribution in [2.45, 2.75) is 30.6 Å². The first kappa shape index (κ1) is 22.0. The number of hydrogen-bond donors (Lipinski definition) is 2. The van der Waals surface area contributed by atoms with E-state index in [0.29, 0.717) is 24.5 Å². The molecule has 1 aliphatic heterocycles. The Hall–Kier alpha value is -2.71. The van der Waals surface area contributed by atoms with Crippen LogP contribution in [0.2, 0.25) is 5.02 Å². The van der Waals surface area contributed by atoms with Crippen LogP contribution in [0.3, 0.4) is 0 Å². The van der Waals surface area contributed by atoms with Crippen molar-refractivity contribution < 1.29 is 17.6 Å². The average molecular weight is 450 g/mol. The molecule has 158 valence electrons. The van der Waals surface area contributed by atoms with E-state index in [1.807, 2.05) is 0 Å². The molecule has 30 heavy (non-hydrogen) atoms. The summed E-state index contributed by atoms with van der Waals surface area (Å²) in [4.78, 5) is 16.4. The lowest BCUT2D eigenvalue weighted by Crippen LogP contribution is -2.30. The number of halogens is 2. The van der Waals surface area contributed by atoms with Gasteiger partial charge in [0, 0.05) is 30.3 Å². The van der Waals surface area contributed by atoms with Crippen LogP contribution in [0.5, 0.6) is 0 Å². The lowest BCUT2D eigenvalue weighted by Gasteiger charge is -2.10. The van der Waals surface area contributed by atoms with Gasteiger partial charge < -0.3 is 5.32 Å². The number of amides is 1. The highest BCUT2D eigenvalue weighted by molar-refractivity contribution is 7.90. The minimum atomic E-state index is -3.74. The molecular weight excluding hydrogens is 429 g/mol. The summed E-state index contributed by atoms with van der Waals surface area (Å²) in [7, 11) is -3.74. The zero-order valence-electron chi connectivity index (χ0n) is 16.1. The number of hydrogen-bond acceptors (Lipinski definition) is 4. The molecule has 0 unspecified atom stereocenters. The van der Waals surface area contributed by atoms with Crippen molar-refractivity contribution in [3.63, 3.8) is 0 Å². The molecule has 3 rings (SSSR count). The molecule has 9 heteroatoms. The lowest BCUT2D eigenvalue weighted by molar-refractivity contribution is -0.111. The topological polar surface area (TPSA) is 87.6 Å². The molecule has 0 aliphatic carbocycles. The summed E-state index contributed by atoms with van der Waals surface area (Å²) < 4.78 is 41.3. The van der Waals surface area contributed by atoms with Crippen LogP contribution in [0.25, 0.3) is 6.08 Å². The van der Waals surface area contributed by atoms with Crippen molar-refractivity contribution in [2.75, 3.05) is 11.9 Å². The lowest BCUT2D eigenvalue weighted by atomic mass is 10.2. The average Bonchev–Trinajstić information content (AvgIpc) is 2.96. The quantitative estimate of drug-likeness (QED) is 0.664. The van der Waals surface area contributed by atoms with E-state index in [0.717, 1.165) is 25.3 Å². The minimum Gasteiger partial charge on any atom is -0.323 e. The number of rotatable bonds is 5. The van der Waals surface area contributed by atoms with Crippen molar-refractivity contribution in [1.82, 2.24) is 4.72 Å². The van der Waals surface area contributed by atoms with Crippen molar-refractivity contribution >= 4 is 45.1 Å². The molecule has 1 aliphatic rings. The molecule has 0 spiro atoms. The Balaban J connectivity index is 1.64. The van der Waals surface area contributed by atoms with Crippen LogP contribution in [0, 0.1) is 5.82 Å². The number of amidine groups is 1. The van der Waals surface area contributed by atoms with Gasteiger partial charge in [-0.25, -0.2) is 12.8 Å². The number of nitrogens with one attached hydrogen (secondary N) is 2. The summed E-state index contributed by atoms with van der Waals surface area (Å²) in [6, 6.07) is 9.99. The fourth-order valence-electron chi connectivity index (χ4n) is 2.90. The normalized spacial score (nSPS) is 14.8. The summed E-state index contributed by atoms with van der Waals surface area (Å²) in [6.07, 6.45) is 5.92. The number of sulfonamides is 1. The molecule has 0 aromatic heterocycles. The highest BCUT2D eigenvalue weighted by Crippen LogP contribution is 2.20. The SMILES string of the molecule is O=C(/C=C/c1c(F)cccc1Cl)Nc1ccc(S(=O)(=O)NC2=NCCCCC2)cc1. The molecule has 0 saturated heterocycles. The number of nitrogens with zero attached hydrogens (tertiary/aromatic N) is 1. The maximum atomic E-state index is 13.7. The Labute approximate surface area is 179 Å². The maximum Gasteiger partial charge on any atom is 0.262 e. The summed E-state index contributed by atoms with van der Waals surface area (Å²) in [6.45, 7) is 0.619. The summed E-state index contributed by atoms with van der Waals surface area (Å²) >= 11 is 5.92. The molecule has 0 atom stereocenters. The van der Waals surface area contributed by atoms with Gasteiger partial charge in [0.2, 0.25) is 5.91 Å². The van der Waals surface area contributed by atoms with E-state index in [1.54, 1.807) is 0 Å². The zero-order valence-corrected chi connectivity index (χ0v) is 17.6. The predicted molar refractivity (Wildman–Crippen MR) is 117 cm³/mol. The van der Waals surface area contributed by atoms with Gasteiger partial charge in [-0.05, 0) is 55.3 Å². The number of carbonyl (C=O) groups is 1. The maximum absolute atomic E-state index is 13.7. The third-order valence-electron chi connectivity index (χ3n) is 4.46. The fraction of sp³-hybridized carbons (Fsp3) is 0.238. The Morgan fingerprint density at radius 3 is 2.60 bits per heavy atom. The Bertz CT molecular complexity index is 1060. The summed E-state index contributed by atoms with van der Waals surface area (Å²) in [5.74, 6) is -0.565. The van der Waals surface area contributed by atoms with Crippen LogP contribution < -0.4 is 10.0 Å². The fourth-order valence-corrected chi connectivity index (χ4v) is 4.22. The Kier molecular flexibility index (Phi) is 7.23. The van der Waals surface area contributed by atoms with E-state index < -0.39 is 21.7 Å². The Morgan fingerprint density at radius 1 is 1.10 bits per heavy atom. The van der Waals surface area contributed by atoms with Crippen LogP contribution in [-0.2, 0) is 14.8 Å². The smallest absolute Gasteiger partial charge is 0.262 e. The van der Waals surface area contributed by atoms with Crippen molar-refractivity contribution in [2.24, 2.45) is 4.99 Å².